The Morgan fingerprint density at radius 2 is 2.10 bits per heavy atom. The van der Waals surface area contributed by atoms with Gasteiger partial charge in [-0.1, -0.05) is 0 Å². The number of aryl methyl sites for hydroxylation is 1. The summed E-state index contributed by atoms with van der Waals surface area (Å²) < 4.78 is 0. The van der Waals surface area contributed by atoms with Crippen LogP contribution in [0.5, 0.6) is 0 Å². The van der Waals surface area contributed by atoms with Crippen molar-refractivity contribution in [2.75, 3.05) is 19.6 Å². The number of aromatic amines is 1. The number of nitrogens with zero attached hydrogens (tertiary/aromatic N) is 1. The molecule has 0 saturated carbocycles. The maximum Gasteiger partial charge on any atom is 0.335 e. The first-order valence-electron chi connectivity index (χ1n) is 7.22. The van der Waals surface area contributed by atoms with E-state index in [-0.39, 0.29) is 0 Å². The summed E-state index contributed by atoms with van der Waals surface area (Å²) in [6.45, 7) is 5.52. The topological polar surface area (TPSA) is 56.3 Å². The van der Waals surface area contributed by atoms with Gasteiger partial charge in [0.15, 0.2) is 0 Å². The van der Waals surface area contributed by atoms with Crippen LogP contribution >= 0.6 is 0 Å². The number of carboxylic acids is 1. The monoisotopic (exact) mass is 272 g/mol. The second-order valence-electron chi connectivity index (χ2n) is 5.59. The number of aromatic nitrogens is 1. The fraction of sp³-hybridized carbons (Fsp3) is 0.438. The molecule has 20 heavy (non-hydrogen) atoms. The molecule has 1 aliphatic rings. The van der Waals surface area contributed by atoms with Gasteiger partial charge < -0.3 is 15.0 Å². The summed E-state index contributed by atoms with van der Waals surface area (Å²) in [4.78, 5) is 17.0. The smallest absolute Gasteiger partial charge is 0.335 e. The molecule has 2 aromatic rings. The fourth-order valence-corrected chi connectivity index (χ4v) is 3.11. The van der Waals surface area contributed by atoms with Gasteiger partial charge in [0.25, 0.3) is 0 Å². The third-order valence-corrected chi connectivity index (χ3v) is 4.24. The van der Waals surface area contributed by atoms with E-state index in [9.17, 15) is 4.79 Å². The van der Waals surface area contributed by atoms with Crippen molar-refractivity contribution >= 4 is 16.9 Å². The van der Waals surface area contributed by atoms with E-state index in [0.29, 0.717) is 5.56 Å². The number of benzene rings is 1. The van der Waals surface area contributed by atoms with Crippen LogP contribution in [0.1, 0.15) is 34.5 Å². The van der Waals surface area contributed by atoms with E-state index in [1.807, 2.05) is 6.07 Å². The molecule has 0 amide bonds. The number of rotatable bonds is 4. The first kappa shape index (κ1) is 13.2. The zero-order valence-electron chi connectivity index (χ0n) is 11.8. The Morgan fingerprint density at radius 1 is 1.35 bits per heavy atom. The van der Waals surface area contributed by atoms with Crippen LogP contribution in [-0.2, 0) is 6.42 Å². The van der Waals surface area contributed by atoms with Crippen molar-refractivity contribution in [1.82, 2.24) is 9.88 Å². The van der Waals surface area contributed by atoms with Crippen LogP contribution in [0.15, 0.2) is 18.2 Å². The highest BCUT2D eigenvalue weighted by Crippen LogP contribution is 2.24. The van der Waals surface area contributed by atoms with Crippen LogP contribution in [0, 0.1) is 6.92 Å². The minimum absolute atomic E-state index is 0.360. The molecule has 4 nitrogen and oxygen atoms in total. The second-order valence-corrected chi connectivity index (χ2v) is 5.59. The highest BCUT2D eigenvalue weighted by Gasteiger charge is 2.15. The highest BCUT2D eigenvalue weighted by atomic mass is 16.4. The summed E-state index contributed by atoms with van der Waals surface area (Å²) >= 11 is 0. The van der Waals surface area contributed by atoms with Crippen LogP contribution < -0.4 is 0 Å². The molecule has 0 aliphatic carbocycles. The van der Waals surface area contributed by atoms with Crippen molar-refractivity contribution in [3.8, 4) is 0 Å². The molecule has 106 valence electrons. The lowest BCUT2D eigenvalue weighted by molar-refractivity contribution is 0.0697. The average molecular weight is 272 g/mol. The minimum Gasteiger partial charge on any atom is -0.478 e. The minimum atomic E-state index is -0.865. The summed E-state index contributed by atoms with van der Waals surface area (Å²) in [5, 5.41) is 10.2. The van der Waals surface area contributed by atoms with Crippen molar-refractivity contribution in [2.24, 2.45) is 0 Å². The molecule has 2 heterocycles. The summed E-state index contributed by atoms with van der Waals surface area (Å²) in [5.74, 6) is -0.865. The molecule has 0 unspecified atom stereocenters. The Hall–Kier alpha value is -1.81. The first-order chi connectivity index (χ1) is 9.65. The van der Waals surface area contributed by atoms with E-state index in [1.54, 1.807) is 12.1 Å². The Labute approximate surface area is 118 Å². The third-order valence-electron chi connectivity index (χ3n) is 4.24. The number of fused-ring (bicyclic) bond motifs is 1. The number of likely N-dealkylation sites (tertiary alicyclic amines) is 1. The lowest BCUT2D eigenvalue weighted by Crippen LogP contribution is -2.22. The standard InChI is InChI=1S/C16H20N2O2/c1-11-13(6-9-18-7-2-3-8-18)14-10-12(16(19)20)4-5-15(14)17-11/h4-5,10,17H,2-3,6-9H2,1H3,(H,19,20). The lowest BCUT2D eigenvalue weighted by atomic mass is 10.1. The van der Waals surface area contributed by atoms with Gasteiger partial charge >= 0.3 is 5.97 Å². The van der Waals surface area contributed by atoms with E-state index in [1.165, 1.54) is 31.5 Å². The predicted molar refractivity (Wildman–Crippen MR) is 79.4 cm³/mol. The van der Waals surface area contributed by atoms with Gasteiger partial charge in [-0.25, -0.2) is 4.79 Å². The van der Waals surface area contributed by atoms with Crippen molar-refractivity contribution in [2.45, 2.75) is 26.2 Å². The zero-order valence-corrected chi connectivity index (χ0v) is 11.8. The fourth-order valence-electron chi connectivity index (χ4n) is 3.11. The SMILES string of the molecule is Cc1[nH]c2ccc(C(=O)O)cc2c1CCN1CCCC1. The number of H-pyrrole nitrogens is 1. The van der Waals surface area contributed by atoms with Gasteiger partial charge in [-0.05, 0) is 63.0 Å². The molecule has 0 atom stereocenters. The zero-order chi connectivity index (χ0) is 14.1. The summed E-state index contributed by atoms with van der Waals surface area (Å²) in [7, 11) is 0. The molecule has 1 aromatic heterocycles. The molecule has 3 rings (SSSR count). The van der Waals surface area contributed by atoms with Crippen LogP contribution in [0.2, 0.25) is 0 Å². The van der Waals surface area contributed by atoms with E-state index in [2.05, 4.69) is 16.8 Å². The average Bonchev–Trinajstić information content (AvgIpc) is 3.02. The number of hydrogen-bond donors (Lipinski definition) is 2. The Kier molecular flexibility index (Phi) is 3.49. The molecule has 1 fully saturated rings. The van der Waals surface area contributed by atoms with Crippen LogP contribution in [0.4, 0.5) is 0 Å². The number of carboxylic acid groups (broad SMARTS) is 1. The van der Waals surface area contributed by atoms with Gasteiger partial charge in [0.2, 0.25) is 0 Å². The molecular formula is C16H20N2O2. The van der Waals surface area contributed by atoms with E-state index in [4.69, 9.17) is 5.11 Å². The summed E-state index contributed by atoms with van der Waals surface area (Å²) in [6.07, 6.45) is 3.58. The number of hydrogen-bond acceptors (Lipinski definition) is 2. The maximum atomic E-state index is 11.1. The normalized spacial score (nSPS) is 16.1. The van der Waals surface area contributed by atoms with Crippen LogP contribution in [0.25, 0.3) is 10.9 Å². The van der Waals surface area contributed by atoms with Gasteiger partial charge in [0.05, 0.1) is 5.56 Å². The Balaban J connectivity index is 1.89. The van der Waals surface area contributed by atoms with Crippen LogP contribution in [-0.4, -0.2) is 40.6 Å². The summed E-state index contributed by atoms with van der Waals surface area (Å²) in [6, 6.07) is 5.32. The van der Waals surface area contributed by atoms with Crippen molar-refractivity contribution < 1.29 is 9.90 Å². The number of aromatic carboxylic acids is 1. The highest BCUT2D eigenvalue weighted by molar-refractivity contribution is 5.95. The van der Waals surface area contributed by atoms with Gasteiger partial charge in [0.1, 0.15) is 0 Å². The quantitative estimate of drug-likeness (QED) is 0.900. The molecule has 0 radical (unpaired) electrons. The maximum absolute atomic E-state index is 11.1. The Morgan fingerprint density at radius 3 is 2.80 bits per heavy atom. The van der Waals surface area contributed by atoms with Gasteiger partial charge in [0, 0.05) is 23.1 Å². The van der Waals surface area contributed by atoms with Gasteiger partial charge in [-0.15, -0.1) is 0 Å². The molecule has 1 aliphatic heterocycles. The third kappa shape index (κ3) is 2.43. The molecule has 2 N–H and O–H groups in total. The van der Waals surface area contributed by atoms with Crippen LogP contribution in [0.3, 0.4) is 0 Å². The van der Waals surface area contributed by atoms with Crippen molar-refractivity contribution in [1.29, 1.82) is 0 Å². The Bertz CT molecular complexity index is 639. The molecular weight excluding hydrogens is 252 g/mol. The lowest BCUT2D eigenvalue weighted by Gasteiger charge is -2.14. The van der Waals surface area contributed by atoms with Crippen molar-refractivity contribution in [3.63, 3.8) is 0 Å². The number of nitrogens with one attached hydrogen (secondary N) is 1. The van der Waals surface area contributed by atoms with E-state index >= 15 is 0 Å². The molecule has 4 heteroatoms. The largest absolute Gasteiger partial charge is 0.478 e. The first-order valence-corrected chi connectivity index (χ1v) is 7.22. The molecule has 0 bridgehead atoms. The number of carbonyl (C=O) groups is 1. The molecule has 1 saturated heterocycles. The van der Waals surface area contributed by atoms with E-state index < -0.39 is 5.97 Å². The van der Waals surface area contributed by atoms with Gasteiger partial charge in [-0.2, -0.15) is 0 Å². The summed E-state index contributed by atoms with van der Waals surface area (Å²) in [5.41, 5.74) is 3.81. The van der Waals surface area contributed by atoms with E-state index in [0.717, 1.165) is 29.6 Å². The second kappa shape index (κ2) is 5.29. The predicted octanol–water partition coefficient (Wildman–Crippen LogP) is 2.81. The van der Waals surface area contributed by atoms with Gasteiger partial charge in [-0.3, -0.25) is 0 Å². The van der Waals surface area contributed by atoms with Crippen molar-refractivity contribution in [3.05, 3.63) is 35.0 Å². The molecule has 1 aromatic carbocycles. The molecule has 0 spiro atoms.